The second-order valence-corrected chi connectivity index (χ2v) is 12.8. The molecular weight excluding hydrogens is 560 g/mol. The summed E-state index contributed by atoms with van der Waals surface area (Å²) in [6.45, 7) is 4.68. The molecule has 1 aliphatic rings. The maximum Gasteiger partial charge on any atom is 0.235 e. The molecule has 0 fully saturated rings. The van der Waals surface area contributed by atoms with E-state index in [9.17, 15) is 0 Å². The summed E-state index contributed by atoms with van der Waals surface area (Å²) in [5.41, 5.74) is 10.1. The molecule has 46 heavy (non-hydrogen) atoms. The Morgan fingerprint density at radius 3 is 2.26 bits per heavy atom. The number of pyridine rings is 1. The summed E-state index contributed by atoms with van der Waals surface area (Å²) in [4.78, 5) is 15.5. The Morgan fingerprint density at radius 2 is 1.37 bits per heavy atom. The molecule has 0 saturated carbocycles. The quantitative estimate of drug-likeness (QED) is 0.189. The van der Waals surface area contributed by atoms with Crippen LogP contribution in [-0.2, 0) is 5.41 Å². The van der Waals surface area contributed by atoms with Crippen molar-refractivity contribution in [3.05, 3.63) is 145 Å². The smallest absolute Gasteiger partial charge is 0.235 e. The third-order valence-electron chi connectivity index (χ3n) is 10.0. The van der Waals surface area contributed by atoms with Crippen molar-refractivity contribution in [2.24, 2.45) is 0 Å². The number of hydrogen-bond acceptors (Lipinski definition) is 3. The fraction of sp³-hybridized carbons (Fsp3) is 0.0714. The molecule has 6 aromatic carbocycles. The molecule has 216 valence electrons. The predicted octanol–water partition coefficient (Wildman–Crippen LogP) is 10.4. The van der Waals surface area contributed by atoms with E-state index in [1.54, 1.807) is 0 Å². The summed E-state index contributed by atoms with van der Waals surface area (Å²) in [5, 5.41) is 8.20. The van der Waals surface area contributed by atoms with Gasteiger partial charge in [-0.15, -0.1) is 0 Å². The second-order valence-electron chi connectivity index (χ2n) is 12.8. The van der Waals surface area contributed by atoms with Crippen LogP contribution in [0.4, 0.5) is 0 Å². The lowest BCUT2D eigenvalue weighted by molar-refractivity contribution is 0.666. The highest BCUT2D eigenvalue weighted by atomic mass is 15.2. The topological polar surface area (TPSA) is 43.6 Å². The van der Waals surface area contributed by atoms with E-state index >= 15 is 0 Å². The van der Waals surface area contributed by atoms with Crippen molar-refractivity contribution in [3.8, 4) is 28.3 Å². The van der Waals surface area contributed by atoms with Crippen molar-refractivity contribution < 1.29 is 0 Å². The number of nitrogens with zero attached hydrogens (tertiary/aromatic N) is 4. The Hall–Kier alpha value is -5.87. The fourth-order valence-electron chi connectivity index (χ4n) is 8.11. The fourth-order valence-corrected chi connectivity index (χ4v) is 8.11. The monoisotopic (exact) mass is 588 g/mol. The number of benzene rings is 6. The van der Waals surface area contributed by atoms with Crippen molar-refractivity contribution in [1.29, 1.82) is 0 Å². The van der Waals surface area contributed by atoms with Crippen LogP contribution in [0.2, 0.25) is 0 Å². The third-order valence-corrected chi connectivity index (χ3v) is 10.0. The average Bonchev–Trinajstić information content (AvgIpc) is 3.58. The normalized spacial score (nSPS) is 13.6. The van der Waals surface area contributed by atoms with Crippen LogP contribution in [0.15, 0.2) is 134 Å². The van der Waals surface area contributed by atoms with E-state index in [1.807, 2.05) is 6.20 Å². The Kier molecular flexibility index (Phi) is 5.03. The van der Waals surface area contributed by atoms with Crippen LogP contribution in [-0.4, -0.2) is 19.5 Å². The predicted molar refractivity (Wildman–Crippen MR) is 190 cm³/mol. The molecule has 0 saturated heterocycles. The minimum Gasteiger partial charge on any atom is -0.277 e. The summed E-state index contributed by atoms with van der Waals surface area (Å²) in [6.07, 6.45) is 3.97. The average molecular weight is 589 g/mol. The van der Waals surface area contributed by atoms with Crippen molar-refractivity contribution in [3.63, 3.8) is 0 Å². The van der Waals surface area contributed by atoms with E-state index in [0.717, 1.165) is 38.6 Å². The van der Waals surface area contributed by atoms with Gasteiger partial charge in [0.1, 0.15) is 0 Å². The molecule has 10 rings (SSSR count). The number of hydrogen-bond donors (Lipinski definition) is 0. The first kappa shape index (κ1) is 25.5. The minimum absolute atomic E-state index is 0.207. The molecular formula is C42H28N4. The highest BCUT2D eigenvalue weighted by molar-refractivity contribution is 6.27. The van der Waals surface area contributed by atoms with Crippen molar-refractivity contribution in [1.82, 2.24) is 19.5 Å². The summed E-state index contributed by atoms with van der Waals surface area (Å²) < 4.78 is 2.32. The summed E-state index contributed by atoms with van der Waals surface area (Å²) in [5.74, 6) is 0.672. The first-order valence-electron chi connectivity index (χ1n) is 15.8. The van der Waals surface area contributed by atoms with Gasteiger partial charge in [-0.05, 0) is 51.0 Å². The summed E-state index contributed by atoms with van der Waals surface area (Å²) >= 11 is 0. The second kappa shape index (κ2) is 9.09. The molecule has 0 unspecified atom stereocenters. The lowest BCUT2D eigenvalue weighted by atomic mass is 9.80. The van der Waals surface area contributed by atoms with Crippen LogP contribution in [0.5, 0.6) is 0 Å². The molecule has 0 spiro atoms. The zero-order valence-corrected chi connectivity index (χ0v) is 25.5. The lowest BCUT2D eigenvalue weighted by Crippen LogP contribution is -2.15. The Morgan fingerprint density at radius 1 is 0.609 bits per heavy atom. The van der Waals surface area contributed by atoms with Gasteiger partial charge in [0.25, 0.3) is 0 Å². The number of aromatic nitrogens is 4. The Bertz CT molecular complexity index is 2720. The molecule has 0 N–H and O–H groups in total. The first-order chi connectivity index (χ1) is 22.6. The van der Waals surface area contributed by atoms with Gasteiger partial charge in [-0.3, -0.25) is 9.55 Å². The van der Waals surface area contributed by atoms with Crippen LogP contribution in [0.3, 0.4) is 0 Å². The first-order valence-corrected chi connectivity index (χ1v) is 15.8. The molecule has 1 aliphatic carbocycles. The summed E-state index contributed by atoms with van der Waals surface area (Å²) in [7, 11) is 0. The number of fused-ring (bicyclic) bond motifs is 13. The van der Waals surface area contributed by atoms with Crippen LogP contribution < -0.4 is 0 Å². The van der Waals surface area contributed by atoms with E-state index in [-0.39, 0.29) is 5.41 Å². The maximum atomic E-state index is 5.50. The molecule has 4 heteroatoms. The molecule has 3 heterocycles. The van der Waals surface area contributed by atoms with E-state index in [0.29, 0.717) is 5.95 Å². The number of para-hydroxylation sites is 1. The Balaban J connectivity index is 1.45. The molecule has 0 aliphatic heterocycles. The van der Waals surface area contributed by atoms with E-state index in [4.69, 9.17) is 9.97 Å². The van der Waals surface area contributed by atoms with Gasteiger partial charge in [0.05, 0.1) is 22.2 Å². The van der Waals surface area contributed by atoms with Crippen molar-refractivity contribution in [2.75, 3.05) is 0 Å². The van der Waals surface area contributed by atoms with Crippen molar-refractivity contribution >= 4 is 54.3 Å². The molecule has 9 aromatic rings. The van der Waals surface area contributed by atoms with Gasteiger partial charge in [-0.2, -0.15) is 0 Å². The largest absolute Gasteiger partial charge is 0.277 e. The van der Waals surface area contributed by atoms with Crippen molar-refractivity contribution in [2.45, 2.75) is 19.3 Å². The van der Waals surface area contributed by atoms with E-state index < -0.39 is 0 Å². The minimum atomic E-state index is -0.207. The molecule has 0 amide bonds. The molecule has 0 atom stereocenters. The van der Waals surface area contributed by atoms with Gasteiger partial charge in [0.15, 0.2) is 0 Å². The van der Waals surface area contributed by atoms with Gasteiger partial charge >= 0.3 is 0 Å². The number of rotatable bonds is 2. The van der Waals surface area contributed by atoms with Crippen LogP contribution >= 0.6 is 0 Å². The van der Waals surface area contributed by atoms with E-state index in [2.05, 4.69) is 151 Å². The molecule has 4 nitrogen and oxygen atoms in total. The van der Waals surface area contributed by atoms with E-state index in [1.165, 1.54) is 49.2 Å². The highest BCUT2D eigenvalue weighted by Gasteiger charge is 2.40. The van der Waals surface area contributed by atoms with Gasteiger partial charge < -0.3 is 0 Å². The van der Waals surface area contributed by atoms with Gasteiger partial charge in [0.2, 0.25) is 5.95 Å². The standard InChI is InChI=1S/C42H28N4/c1-42(2)32-18-10-8-16-29(32)37-38(42)31-24-43-23-22-28(31)35-30-17-9-11-19-34(30)46(40(35)37)41-44-33-21-20-25-12-6-7-15-27(25)36(33)39(45-41)26-13-4-3-5-14-26/h3-24H,1-2H3. The molecule has 0 bridgehead atoms. The van der Waals surface area contributed by atoms with Gasteiger partial charge in [-0.1, -0.05) is 117 Å². The Labute approximate surface area is 265 Å². The van der Waals surface area contributed by atoms with Crippen LogP contribution in [0.25, 0.3) is 82.6 Å². The molecule has 0 radical (unpaired) electrons. The highest BCUT2D eigenvalue weighted by Crippen LogP contribution is 2.56. The summed E-state index contributed by atoms with van der Waals surface area (Å²) in [6, 6.07) is 43.1. The zero-order chi connectivity index (χ0) is 30.6. The van der Waals surface area contributed by atoms with Crippen LogP contribution in [0, 0.1) is 0 Å². The SMILES string of the molecule is CC1(C)c2ccccc2-c2c1c1cnccc1c1c3ccccc3n(-c3nc(-c4ccccc4)c4c(ccc5ccccc54)n3)c21. The maximum absolute atomic E-state index is 5.50. The van der Waals surface area contributed by atoms with Gasteiger partial charge in [-0.25, -0.2) is 9.97 Å². The lowest BCUT2D eigenvalue weighted by Gasteiger charge is -2.23. The zero-order valence-electron chi connectivity index (χ0n) is 25.5. The van der Waals surface area contributed by atoms with Gasteiger partial charge in [0, 0.05) is 50.5 Å². The molecule has 3 aromatic heterocycles. The third kappa shape index (κ3) is 3.25. The van der Waals surface area contributed by atoms with Crippen LogP contribution in [0.1, 0.15) is 25.0 Å².